The van der Waals surface area contributed by atoms with Crippen LogP contribution in [0, 0.1) is 4.77 Å². The molecule has 1 N–H and O–H groups in total. The van der Waals surface area contributed by atoms with Crippen LogP contribution in [-0.4, -0.2) is 35.1 Å². The molecule has 0 aliphatic rings. The summed E-state index contributed by atoms with van der Waals surface area (Å²) in [6.45, 7) is 4.28. The van der Waals surface area contributed by atoms with Crippen molar-refractivity contribution < 1.29 is 0 Å². The van der Waals surface area contributed by atoms with Crippen molar-refractivity contribution in [3.8, 4) is 0 Å². The van der Waals surface area contributed by atoms with Crippen LogP contribution >= 0.6 is 12.2 Å². The first-order chi connectivity index (χ1) is 6.65. The van der Waals surface area contributed by atoms with Gasteiger partial charge < -0.3 is 14.5 Å². The molecule has 0 radical (unpaired) electrons. The molecular formula is C10H19N3S. The molecule has 0 bridgehead atoms. The summed E-state index contributed by atoms with van der Waals surface area (Å²) < 4.78 is 3.04. The van der Waals surface area contributed by atoms with Gasteiger partial charge in [-0.05, 0) is 45.7 Å². The molecule has 1 rings (SSSR count). The van der Waals surface area contributed by atoms with Crippen LogP contribution in [0.15, 0.2) is 6.20 Å². The third-order valence-corrected chi connectivity index (χ3v) is 2.64. The molecule has 80 valence electrons. The first kappa shape index (κ1) is 11.5. The van der Waals surface area contributed by atoms with Crippen molar-refractivity contribution in [2.75, 3.05) is 20.6 Å². The highest BCUT2D eigenvalue weighted by Crippen LogP contribution is 2.04. The van der Waals surface area contributed by atoms with E-state index in [1.54, 1.807) is 0 Å². The Labute approximate surface area is 90.7 Å². The van der Waals surface area contributed by atoms with Gasteiger partial charge in [-0.1, -0.05) is 6.92 Å². The number of rotatable bonds is 5. The van der Waals surface area contributed by atoms with E-state index >= 15 is 0 Å². The summed E-state index contributed by atoms with van der Waals surface area (Å²) in [4.78, 5) is 5.29. The lowest BCUT2D eigenvalue weighted by molar-refractivity contribution is 0.384. The second-order valence-electron chi connectivity index (χ2n) is 3.75. The predicted octanol–water partition coefficient (Wildman–Crippen LogP) is 2.06. The van der Waals surface area contributed by atoms with Gasteiger partial charge in [0.25, 0.3) is 0 Å². The number of aryl methyl sites for hydroxylation is 1. The molecule has 0 aliphatic heterocycles. The Hall–Kier alpha value is -0.610. The first-order valence-electron chi connectivity index (χ1n) is 5.07. The Morgan fingerprint density at radius 1 is 1.50 bits per heavy atom. The van der Waals surface area contributed by atoms with Crippen LogP contribution < -0.4 is 0 Å². The molecule has 14 heavy (non-hydrogen) atoms. The number of H-pyrrole nitrogens is 1. The van der Waals surface area contributed by atoms with Gasteiger partial charge >= 0.3 is 0 Å². The van der Waals surface area contributed by atoms with Gasteiger partial charge in [0.05, 0.1) is 0 Å². The number of imidazole rings is 1. The Morgan fingerprint density at radius 3 is 2.79 bits per heavy atom. The van der Waals surface area contributed by atoms with Crippen LogP contribution in [-0.2, 0) is 13.0 Å². The maximum Gasteiger partial charge on any atom is 0.177 e. The third-order valence-electron chi connectivity index (χ3n) is 2.30. The zero-order valence-electron chi connectivity index (χ0n) is 9.21. The quantitative estimate of drug-likeness (QED) is 0.757. The van der Waals surface area contributed by atoms with E-state index < -0.39 is 0 Å². The summed E-state index contributed by atoms with van der Waals surface area (Å²) >= 11 is 5.21. The molecule has 0 saturated heterocycles. The second-order valence-corrected chi connectivity index (χ2v) is 4.13. The number of hydrogen-bond donors (Lipinski definition) is 1. The standard InChI is InChI=1S/C10H19N3S/c1-4-9-8-11-10(14)13(9)7-5-6-12(2)3/h8H,4-7H2,1-3H3,(H,11,14). The van der Waals surface area contributed by atoms with E-state index in [2.05, 4.69) is 35.5 Å². The molecule has 0 amide bonds. The number of nitrogens with one attached hydrogen (secondary N) is 1. The van der Waals surface area contributed by atoms with E-state index in [4.69, 9.17) is 12.2 Å². The fourth-order valence-electron chi connectivity index (χ4n) is 1.51. The Morgan fingerprint density at radius 2 is 2.21 bits per heavy atom. The van der Waals surface area contributed by atoms with Crippen LogP contribution in [0.2, 0.25) is 0 Å². The van der Waals surface area contributed by atoms with Gasteiger partial charge in [0, 0.05) is 18.4 Å². The van der Waals surface area contributed by atoms with Crippen LogP contribution in [0.3, 0.4) is 0 Å². The van der Waals surface area contributed by atoms with E-state index in [1.165, 1.54) is 5.69 Å². The van der Waals surface area contributed by atoms with Crippen molar-refractivity contribution in [2.24, 2.45) is 0 Å². The minimum atomic E-state index is 0.848. The van der Waals surface area contributed by atoms with Crippen LogP contribution in [0.4, 0.5) is 0 Å². The van der Waals surface area contributed by atoms with Gasteiger partial charge in [-0.15, -0.1) is 0 Å². The summed E-state index contributed by atoms with van der Waals surface area (Å²) in [6, 6.07) is 0. The molecule has 0 fully saturated rings. The van der Waals surface area contributed by atoms with Crippen molar-refractivity contribution in [1.82, 2.24) is 14.5 Å². The van der Waals surface area contributed by atoms with Crippen molar-refractivity contribution in [1.29, 1.82) is 0 Å². The molecule has 0 unspecified atom stereocenters. The van der Waals surface area contributed by atoms with Gasteiger partial charge in [-0.3, -0.25) is 0 Å². The highest BCUT2D eigenvalue weighted by atomic mass is 32.1. The molecule has 4 heteroatoms. The molecule has 1 aromatic heterocycles. The van der Waals surface area contributed by atoms with E-state index in [9.17, 15) is 0 Å². The Kier molecular flexibility index (Phi) is 4.35. The highest BCUT2D eigenvalue weighted by molar-refractivity contribution is 7.71. The van der Waals surface area contributed by atoms with E-state index in [-0.39, 0.29) is 0 Å². The molecule has 0 atom stereocenters. The van der Waals surface area contributed by atoms with Crippen LogP contribution in [0.1, 0.15) is 19.0 Å². The largest absolute Gasteiger partial charge is 0.337 e. The SMILES string of the molecule is CCc1c[nH]c(=S)n1CCCN(C)C. The van der Waals surface area contributed by atoms with Gasteiger partial charge in [-0.25, -0.2) is 0 Å². The number of nitrogens with zero attached hydrogens (tertiary/aromatic N) is 2. The lowest BCUT2D eigenvalue weighted by atomic mass is 10.3. The molecule has 1 heterocycles. The summed E-state index contributed by atoms with van der Waals surface area (Å²) in [6.07, 6.45) is 4.19. The molecule has 0 aromatic carbocycles. The highest BCUT2D eigenvalue weighted by Gasteiger charge is 2.01. The zero-order valence-corrected chi connectivity index (χ0v) is 10.0. The van der Waals surface area contributed by atoms with Crippen molar-refractivity contribution in [2.45, 2.75) is 26.3 Å². The smallest absolute Gasteiger partial charge is 0.177 e. The normalized spacial score (nSPS) is 11.1. The number of aromatic nitrogens is 2. The van der Waals surface area contributed by atoms with Crippen LogP contribution in [0.25, 0.3) is 0 Å². The number of hydrogen-bond acceptors (Lipinski definition) is 2. The molecule has 0 aliphatic carbocycles. The van der Waals surface area contributed by atoms with Gasteiger partial charge in [0.1, 0.15) is 0 Å². The fraction of sp³-hybridized carbons (Fsp3) is 0.700. The first-order valence-corrected chi connectivity index (χ1v) is 5.47. The molecule has 1 aromatic rings. The summed E-state index contributed by atoms with van der Waals surface area (Å²) in [5, 5.41) is 0. The summed E-state index contributed by atoms with van der Waals surface area (Å²) in [5.41, 5.74) is 1.30. The Balaban J connectivity index is 2.57. The lowest BCUT2D eigenvalue weighted by Gasteiger charge is -2.10. The summed E-state index contributed by atoms with van der Waals surface area (Å²) in [7, 11) is 4.19. The summed E-state index contributed by atoms with van der Waals surface area (Å²) in [5.74, 6) is 0. The fourth-order valence-corrected chi connectivity index (χ4v) is 1.78. The molecule has 0 saturated carbocycles. The van der Waals surface area contributed by atoms with Crippen molar-refractivity contribution in [3.05, 3.63) is 16.7 Å². The second kappa shape index (κ2) is 5.32. The maximum atomic E-state index is 5.21. The number of aromatic amines is 1. The monoisotopic (exact) mass is 213 g/mol. The zero-order chi connectivity index (χ0) is 10.6. The Bertz CT molecular complexity index is 324. The molecule has 0 spiro atoms. The maximum absolute atomic E-state index is 5.21. The van der Waals surface area contributed by atoms with E-state index in [0.717, 1.165) is 30.7 Å². The minimum Gasteiger partial charge on any atom is -0.337 e. The molecular weight excluding hydrogens is 194 g/mol. The van der Waals surface area contributed by atoms with E-state index in [0.29, 0.717) is 0 Å². The average molecular weight is 213 g/mol. The van der Waals surface area contributed by atoms with Gasteiger partial charge in [0.2, 0.25) is 0 Å². The predicted molar refractivity (Wildman–Crippen MR) is 62.2 cm³/mol. The van der Waals surface area contributed by atoms with Crippen LogP contribution in [0.5, 0.6) is 0 Å². The third kappa shape index (κ3) is 2.96. The minimum absolute atomic E-state index is 0.848. The lowest BCUT2D eigenvalue weighted by Crippen LogP contribution is -2.15. The van der Waals surface area contributed by atoms with Crippen molar-refractivity contribution >= 4 is 12.2 Å². The van der Waals surface area contributed by atoms with Crippen molar-refractivity contribution in [3.63, 3.8) is 0 Å². The molecule has 3 nitrogen and oxygen atoms in total. The topological polar surface area (TPSA) is 24.0 Å². The van der Waals surface area contributed by atoms with Gasteiger partial charge in [-0.2, -0.15) is 0 Å². The van der Waals surface area contributed by atoms with Gasteiger partial charge in [0.15, 0.2) is 4.77 Å². The van der Waals surface area contributed by atoms with E-state index in [1.807, 2.05) is 6.20 Å². The average Bonchev–Trinajstić information content (AvgIpc) is 2.47.